The van der Waals surface area contributed by atoms with E-state index >= 15 is 0 Å². The molecule has 0 bridgehead atoms. The second kappa shape index (κ2) is 6.69. The van der Waals surface area contributed by atoms with Crippen LogP contribution in [0.1, 0.15) is 37.4 Å². The minimum Gasteiger partial charge on any atom is -0.477 e. The Kier molecular flexibility index (Phi) is 4.57. The summed E-state index contributed by atoms with van der Waals surface area (Å²) >= 11 is 6.56. The molecule has 1 heterocycles. The molecule has 0 amide bonds. The molecule has 1 aromatic heterocycles. The van der Waals surface area contributed by atoms with Gasteiger partial charge in [-0.1, -0.05) is 42.3 Å². The van der Waals surface area contributed by atoms with Crippen LogP contribution in [-0.4, -0.2) is 20.9 Å². The van der Waals surface area contributed by atoms with Crippen LogP contribution >= 0.6 is 11.6 Å². The third-order valence-corrected chi connectivity index (χ3v) is 5.95. The Bertz CT molecular complexity index is 1030. The molecule has 2 aliphatic carbocycles. The summed E-state index contributed by atoms with van der Waals surface area (Å²) in [4.78, 5) is 11.0. The molecule has 2 aromatic rings. The van der Waals surface area contributed by atoms with Crippen molar-refractivity contribution in [2.24, 2.45) is 11.8 Å². The quantitative estimate of drug-likeness (QED) is 0.724. The zero-order valence-electron chi connectivity index (χ0n) is 15.7. The first-order valence-electron chi connectivity index (χ1n) is 9.37. The number of rotatable bonds is 5. The first kappa shape index (κ1) is 19.1. The van der Waals surface area contributed by atoms with E-state index in [4.69, 9.17) is 16.7 Å². The number of carboxylic acid groups (broad SMARTS) is 1. The van der Waals surface area contributed by atoms with E-state index in [0.717, 1.165) is 36.3 Å². The van der Waals surface area contributed by atoms with Crippen LogP contribution in [0, 0.1) is 18.8 Å². The number of allylic oxidation sites excluding steroid dienone is 4. The summed E-state index contributed by atoms with van der Waals surface area (Å²) in [6.45, 7) is 4.33. The number of aromatic nitrogens is 2. The number of aliphatic carboxylic acids is 1. The third-order valence-electron chi connectivity index (χ3n) is 5.59. The van der Waals surface area contributed by atoms with Gasteiger partial charge in [-0.2, -0.15) is 13.9 Å². The number of nitrogens with zero attached hydrogens (tertiary/aromatic N) is 2. The predicted octanol–water partition coefficient (Wildman–Crippen LogP) is 5.39. The predicted molar refractivity (Wildman–Crippen MR) is 103 cm³/mol. The molecule has 1 saturated carbocycles. The lowest BCUT2D eigenvalue weighted by molar-refractivity contribution is -0.166. The molecule has 1 atom stereocenters. The Morgan fingerprint density at radius 1 is 1.39 bits per heavy atom. The molecule has 4 nitrogen and oxygen atoms in total. The summed E-state index contributed by atoms with van der Waals surface area (Å²) in [5.74, 6) is -5.19. The van der Waals surface area contributed by atoms with E-state index in [2.05, 4.69) is 12.0 Å². The standard InChI is InChI=1S/C21H21ClF2N2O2/c1-11-7-16(13-3-4-13)17(18(22)8-11)10-26-19-9-14(21(23,24)20(27)28)5-6-15(19)12(2)25-26/h5-6,8-9,11,13H,3-4,7,10H2,1-2H3,(H,27,28). The van der Waals surface area contributed by atoms with Gasteiger partial charge in [0.1, 0.15) is 0 Å². The SMILES string of the molecule is Cc1nn(CC2=C(C3CC3)CC(C)C=C2Cl)c2cc(C(F)(F)C(=O)O)ccc12. The molecule has 4 rings (SSSR count). The van der Waals surface area contributed by atoms with E-state index in [9.17, 15) is 13.6 Å². The minimum atomic E-state index is -3.95. The van der Waals surface area contributed by atoms with E-state index in [0.29, 0.717) is 34.6 Å². The highest BCUT2D eigenvalue weighted by atomic mass is 35.5. The van der Waals surface area contributed by atoms with Gasteiger partial charge >= 0.3 is 11.9 Å². The number of aryl methyl sites for hydroxylation is 1. The van der Waals surface area contributed by atoms with E-state index in [-0.39, 0.29) is 0 Å². The summed E-state index contributed by atoms with van der Waals surface area (Å²) in [5.41, 5.74) is 3.00. The first-order chi connectivity index (χ1) is 13.2. The van der Waals surface area contributed by atoms with Gasteiger partial charge in [0, 0.05) is 16.0 Å². The Hall–Kier alpha value is -2.21. The molecule has 1 fully saturated rings. The second-order valence-corrected chi connectivity index (χ2v) is 8.24. The maximum atomic E-state index is 14.0. The fourth-order valence-corrected chi connectivity index (χ4v) is 4.38. The normalized spacial score (nSPS) is 20.6. The van der Waals surface area contributed by atoms with Crippen molar-refractivity contribution in [2.75, 3.05) is 0 Å². The van der Waals surface area contributed by atoms with Crippen molar-refractivity contribution >= 4 is 28.5 Å². The van der Waals surface area contributed by atoms with Crippen molar-refractivity contribution in [3.63, 3.8) is 0 Å². The van der Waals surface area contributed by atoms with Gasteiger partial charge < -0.3 is 5.11 Å². The van der Waals surface area contributed by atoms with E-state index in [1.54, 1.807) is 4.68 Å². The molecule has 7 heteroatoms. The van der Waals surface area contributed by atoms with Crippen molar-refractivity contribution in [3.8, 4) is 0 Å². The lowest BCUT2D eigenvalue weighted by atomic mass is 9.87. The number of carboxylic acids is 1. The summed E-state index contributed by atoms with van der Waals surface area (Å²) in [6.07, 6.45) is 5.30. The zero-order valence-corrected chi connectivity index (χ0v) is 16.4. The maximum Gasteiger partial charge on any atom is 0.379 e. The van der Waals surface area contributed by atoms with E-state index in [1.807, 2.05) is 13.0 Å². The monoisotopic (exact) mass is 406 g/mol. The number of carbonyl (C=O) groups is 1. The van der Waals surface area contributed by atoms with Crippen molar-refractivity contribution in [1.29, 1.82) is 0 Å². The number of hydrogen-bond acceptors (Lipinski definition) is 2. The van der Waals surface area contributed by atoms with Gasteiger partial charge in [-0.3, -0.25) is 4.68 Å². The molecule has 2 aliphatic rings. The number of halogens is 3. The molecule has 148 valence electrons. The Balaban J connectivity index is 1.80. The number of benzene rings is 1. The highest BCUT2D eigenvalue weighted by Gasteiger charge is 2.41. The van der Waals surface area contributed by atoms with Crippen LogP contribution < -0.4 is 0 Å². The summed E-state index contributed by atoms with van der Waals surface area (Å²) < 4.78 is 29.7. The Morgan fingerprint density at radius 2 is 2.11 bits per heavy atom. The average molecular weight is 407 g/mol. The highest BCUT2D eigenvalue weighted by molar-refractivity contribution is 6.32. The van der Waals surface area contributed by atoms with Crippen LogP contribution in [0.5, 0.6) is 0 Å². The molecular formula is C21H21ClF2N2O2. The molecular weight excluding hydrogens is 386 g/mol. The van der Waals surface area contributed by atoms with Gasteiger partial charge in [-0.25, -0.2) is 4.79 Å². The van der Waals surface area contributed by atoms with Crippen LogP contribution in [0.4, 0.5) is 8.78 Å². The van der Waals surface area contributed by atoms with Crippen molar-refractivity contribution in [2.45, 2.75) is 45.6 Å². The van der Waals surface area contributed by atoms with Crippen LogP contribution in [0.2, 0.25) is 0 Å². The minimum absolute atomic E-state index is 0.379. The number of fused-ring (bicyclic) bond motifs is 1. The molecule has 0 aliphatic heterocycles. The van der Waals surface area contributed by atoms with Crippen molar-refractivity contribution in [3.05, 3.63) is 51.7 Å². The van der Waals surface area contributed by atoms with E-state index in [1.165, 1.54) is 17.7 Å². The Labute approximate surface area is 166 Å². The average Bonchev–Trinajstić information content (AvgIpc) is 3.42. The molecule has 0 saturated heterocycles. The van der Waals surface area contributed by atoms with Gasteiger partial charge in [0.15, 0.2) is 0 Å². The van der Waals surface area contributed by atoms with Crippen molar-refractivity contribution in [1.82, 2.24) is 9.78 Å². The summed E-state index contributed by atoms with van der Waals surface area (Å²) in [6, 6.07) is 3.89. The summed E-state index contributed by atoms with van der Waals surface area (Å²) in [7, 11) is 0. The molecule has 1 aromatic carbocycles. The fourth-order valence-electron chi connectivity index (χ4n) is 3.98. The fraction of sp³-hybridized carbons (Fsp3) is 0.429. The van der Waals surface area contributed by atoms with Crippen LogP contribution in [-0.2, 0) is 17.3 Å². The largest absolute Gasteiger partial charge is 0.477 e. The lowest BCUT2D eigenvalue weighted by Crippen LogP contribution is -2.25. The molecule has 0 spiro atoms. The van der Waals surface area contributed by atoms with Gasteiger partial charge in [0.2, 0.25) is 0 Å². The van der Waals surface area contributed by atoms with Crippen LogP contribution in [0.3, 0.4) is 0 Å². The number of alkyl halides is 2. The molecule has 0 radical (unpaired) electrons. The van der Waals surface area contributed by atoms with Gasteiger partial charge in [-0.15, -0.1) is 0 Å². The van der Waals surface area contributed by atoms with Crippen LogP contribution in [0.25, 0.3) is 10.9 Å². The molecule has 1 N–H and O–H groups in total. The van der Waals surface area contributed by atoms with Crippen molar-refractivity contribution < 1.29 is 18.7 Å². The van der Waals surface area contributed by atoms with E-state index < -0.39 is 17.5 Å². The van der Waals surface area contributed by atoms with Gasteiger partial charge in [-0.05, 0) is 49.7 Å². The van der Waals surface area contributed by atoms with Gasteiger partial charge in [0.25, 0.3) is 0 Å². The lowest BCUT2D eigenvalue weighted by Gasteiger charge is -2.23. The maximum absolute atomic E-state index is 14.0. The van der Waals surface area contributed by atoms with Crippen LogP contribution in [0.15, 0.2) is 40.5 Å². The third kappa shape index (κ3) is 3.24. The summed E-state index contributed by atoms with van der Waals surface area (Å²) in [5, 5.41) is 14.8. The Morgan fingerprint density at radius 3 is 2.75 bits per heavy atom. The highest BCUT2D eigenvalue weighted by Crippen LogP contribution is 2.46. The second-order valence-electron chi connectivity index (χ2n) is 7.83. The number of hydrogen-bond donors (Lipinski definition) is 1. The topological polar surface area (TPSA) is 55.1 Å². The van der Waals surface area contributed by atoms with Gasteiger partial charge in [0.05, 0.1) is 17.8 Å². The smallest absolute Gasteiger partial charge is 0.379 e. The molecule has 28 heavy (non-hydrogen) atoms. The molecule has 1 unspecified atom stereocenters. The first-order valence-corrected chi connectivity index (χ1v) is 9.74. The zero-order chi connectivity index (χ0) is 20.2.